The Morgan fingerprint density at radius 1 is 1.53 bits per heavy atom. The summed E-state index contributed by atoms with van der Waals surface area (Å²) in [7, 11) is 0. The van der Waals surface area contributed by atoms with Crippen molar-refractivity contribution in [2.45, 2.75) is 51.6 Å². The van der Waals surface area contributed by atoms with Crippen LogP contribution in [0.5, 0.6) is 0 Å². The topological polar surface area (TPSA) is 67.5 Å². The third-order valence-electron chi connectivity index (χ3n) is 2.42. The minimum Gasteiger partial charge on any atom is -0.348 e. The van der Waals surface area contributed by atoms with Crippen LogP contribution in [-0.4, -0.2) is 30.2 Å². The van der Waals surface area contributed by atoms with E-state index in [0.29, 0.717) is 18.3 Å². The highest BCUT2D eigenvalue weighted by Crippen LogP contribution is 2.18. The number of carbonyl (C=O) groups excluding carboxylic acids is 1. The van der Waals surface area contributed by atoms with Crippen LogP contribution in [-0.2, 0) is 4.79 Å². The Bertz CT molecular complexity index is 246. The molecule has 1 atom stereocenters. The number of amides is 1. The van der Waals surface area contributed by atoms with Gasteiger partial charge in [0.25, 0.3) is 5.91 Å². The van der Waals surface area contributed by atoms with Gasteiger partial charge in [0.05, 0.1) is 6.04 Å². The molecular formula is C11H21N3O. The second-order valence-electron chi connectivity index (χ2n) is 4.00. The first-order valence-corrected chi connectivity index (χ1v) is 5.79. The Hall–Kier alpha value is -0.900. The van der Waals surface area contributed by atoms with E-state index in [9.17, 15) is 4.79 Å². The van der Waals surface area contributed by atoms with Gasteiger partial charge in [-0.15, -0.1) is 0 Å². The zero-order valence-electron chi connectivity index (χ0n) is 9.62. The van der Waals surface area contributed by atoms with Crippen LogP contribution in [0.1, 0.15) is 39.5 Å². The molecule has 0 aliphatic heterocycles. The molecule has 3 N–H and O–H groups in total. The van der Waals surface area contributed by atoms with E-state index in [-0.39, 0.29) is 11.9 Å². The van der Waals surface area contributed by atoms with Gasteiger partial charge in [0.2, 0.25) is 0 Å². The molecule has 86 valence electrons. The lowest BCUT2D eigenvalue weighted by Crippen LogP contribution is -2.43. The van der Waals surface area contributed by atoms with Gasteiger partial charge in [-0.2, -0.15) is 0 Å². The molecule has 0 aromatic rings. The second-order valence-corrected chi connectivity index (χ2v) is 4.00. The fraction of sp³-hybridized carbons (Fsp3) is 0.818. The molecule has 1 aliphatic rings. The van der Waals surface area contributed by atoms with E-state index < -0.39 is 0 Å². The smallest absolute Gasteiger partial charge is 0.267 e. The molecule has 1 unspecified atom stereocenters. The van der Waals surface area contributed by atoms with Crippen molar-refractivity contribution in [3.63, 3.8) is 0 Å². The molecule has 0 bridgehead atoms. The fourth-order valence-corrected chi connectivity index (χ4v) is 1.46. The largest absolute Gasteiger partial charge is 0.348 e. The van der Waals surface area contributed by atoms with E-state index in [1.54, 1.807) is 0 Å². The normalized spacial score (nSPS) is 18.7. The van der Waals surface area contributed by atoms with E-state index in [1.807, 2.05) is 6.92 Å². The SMILES string of the molecule is CCCC(N)/C(=N\CC)C(=O)NC1CC1. The first-order valence-electron chi connectivity index (χ1n) is 5.79. The number of hydrogen-bond acceptors (Lipinski definition) is 3. The van der Waals surface area contributed by atoms with E-state index >= 15 is 0 Å². The lowest BCUT2D eigenvalue weighted by atomic mass is 10.1. The van der Waals surface area contributed by atoms with Crippen LogP contribution in [0.2, 0.25) is 0 Å². The summed E-state index contributed by atoms with van der Waals surface area (Å²) < 4.78 is 0. The Balaban J connectivity index is 2.54. The van der Waals surface area contributed by atoms with E-state index in [2.05, 4.69) is 17.2 Å². The molecule has 15 heavy (non-hydrogen) atoms. The zero-order chi connectivity index (χ0) is 11.3. The molecule has 1 saturated carbocycles. The van der Waals surface area contributed by atoms with Crippen molar-refractivity contribution in [3.8, 4) is 0 Å². The Morgan fingerprint density at radius 2 is 2.20 bits per heavy atom. The van der Waals surface area contributed by atoms with Crippen molar-refractivity contribution in [1.82, 2.24) is 5.32 Å². The van der Waals surface area contributed by atoms with Crippen molar-refractivity contribution in [2.24, 2.45) is 10.7 Å². The summed E-state index contributed by atoms with van der Waals surface area (Å²) in [5, 5.41) is 2.93. The first kappa shape index (κ1) is 12.2. The molecule has 1 fully saturated rings. The van der Waals surface area contributed by atoms with Gasteiger partial charge < -0.3 is 11.1 Å². The van der Waals surface area contributed by atoms with Gasteiger partial charge in [-0.25, -0.2) is 0 Å². The highest BCUT2D eigenvalue weighted by Gasteiger charge is 2.27. The Labute approximate surface area is 91.3 Å². The standard InChI is InChI=1S/C11H21N3O/c1-3-5-9(12)10(13-4-2)11(15)14-8-6-7-8/h8-9H,3-7,12H2,1-2H3,(H,14,15)/b13-10+. The van der Waals surface area contributed by atoms with Gasteiger partial charge >= 0.3 is 0 Å². The first-order chi connectivity index (χ1) is 7.19. The molecule has 4 heteroatoms. The number of hydrogen-bond donors (Lipinski definition) is 2. The molecule has 1 amide bonds. The van der Waals surface area contributed by atoms with E-state index in [1.165, 1.54) is 0 Å². The average molecular weight is 211 g/mol. The number of nitrogens with one attached hydrogen (secondary N) is 1. The number of carbonyl (C=O) groups is 1. The molecule has 1 rings (SSSR count). The van der Waals surface area contributed by atoms with Gasteiger partial charge in [0.15, 0.2) is 0 Å². The lowest BCUT2D eigenvalue weighted by Gasteiger charge is -2.13. The van der Waals surface area contributed by atoms with Gasteiger partial charge in [0, 0.05) is 12.6 Å². The van der Waals surface area contributed by atoms with Crippen molar-refractivity contribution in [1.29, 1.82) is 0 Å². The summed E-state index contributed by atoms with van der Waals surface area (Å²) in [6.45, 7) is 4.59. The highest BCUT2D eigenvalue weighted by atomic mass is 16.2. The van der Waals surface area contributed by atoms with E-state index in [0.717, 1.165) is 25.7 Å². The molecule has 4 nitrogen and oxygen atoms in total. The molecule has 0 heterocycles. The van der Waals surface area contributed by atoms with Crippen LogP contribution in [0, 0.1) is 0 Å². The summed E-state index contributed by atoms with van der Waals surface area (Å²) in [6, 6.07) is 0.155. The third kappa shape index (κ3) is 4.00. The van der Waals surface area contributed by atoms with Crippen molar-refractivity contribution in [2.75, 3.05) is 6.54 Å². The maximum atomic E-state index is 11.8. The van der Waals surface area contributed by atoms with E-state index in [4.69, 9.17) is 5.73 Å². The molecule has 0 spiro atoms. The minimum absolute atomic E-state index is 0.0692. The molecule has 0 aromatic heterocycles. The van der Waals surface area contributed by atoms with Crippen LogP contribution < -0.4 is 11.1 Å². The summed E-state index contributed by atoms with van der Waals surface area (Å²) in [5.74, 6) is -0.0692. The molecule has 0 aromatic carbocycles. The molecular weight excluding hydrogens is 190 g/mol. The van der Waals surface area contributed by atoms with Crippen LogP contribution >= 0.6 is 0 Å². The second kappa shape index (κ2) is 5.85. The van der Waals surface area contributed by atoms with Gasteiger partial charge in [-0.1, -0.05) is 13.3 Å². The van der Waals surface area contributed by atoms with Crippen LogP contribution in [0.4, 0.5) is 0 Å². The quantitative estimate of drug-likeness (QED) is 0.640. The maximum Gasteiger partial charge on any atom is 0.267 e. The lowest BCUT2D eigenvalue weighted by molar-refractivity contribution is -0.115. The third-order valence-corrected chi connectivity index (χ3v) is 2.42. The highest BCUT2D eigenvalue weighted by molar-refractivity contribution is 6.40. The summed E-state index contributed by atoms with van der Waals surface area (Å²) in [5.41, 5.74) is 6.44. The maximum absolute atomic E-state index is 11.8. The van der Waals surface area contributed by atoms with Crippen LogP contribution in [0.25, 0.3) is 0 Å². The van der Waals surface area contributed by atoms with Gasteiger partial charge in [0.1, 0.15) is 5.71 Å². The number of aliphatic imine (C=N–C) groups is 1. The number of nitrogens with zero attached hydrogens (tertiary/aromatic N) is 1. The molecule has 1 aliphatic carbocycles. The van der Waals surface area contributed by atoms with Crippen LogP contribution in [0.15, 0.2) is 4.99 Å². The summed E-state index contributed by atoms with van der Waals surface area (Å²) in [4.78, 5) is 16.0. The molecule has 0 saturated heterocycles. The van der Waals surface area contributed by atoms with Crippen molar-refractivity contribution < 1.29 is 4.79 Å². The summed E-state index contributed by atoms with van der Waals surface area (Å²) >= 11 is 0. The molecule has 0 radical (unpaired) electrons. The monoisotopic (exact) mass is 211 g/mol. The number of rotatable bonds is 6. The Kier molecular flexibility index (Phi) is 4.75. The predicted molar refractivity (Wildman–Crippen MR) is 62.0 cm³/mol. The predicted octanol–water partition coefficient (Wildman–Crippen LogP) is 0.853. The van der Waals surface area contributed by atoms with Crippen molar-refractivity contribution in [3.05, 3.63) is 0 Å². The zero-order valence-corrected chi connectivity index (χ0v) is 9.62. The van der Waals surface area contributed by atoms with Gasteiger partial charge in [-0.05, 0) is 26.2 Å². The average Bonchev–Trinajstić information content (AvgIpc) is 2.98. The van der Waals surface area contributed by atoms with Crippen molar-refractivity contribution >= 4 is 11.6 Å². The Morgan fingerprint density at radius 3 is 2.67 bits per heavy atom. The van der Waals surface area contributed by atoms with Crippen LogP contribution in [0.3, 0.4) is 0 Å². The minimum atomic E-state index is -0.214. The van der Waals surface area contributed by atoms with Gasteiger partial charge in [-0.3, -0.25) is 9.79 Å². The number of nitrogens with two attached hydrogens (primary N) is 1. The summed E-state index contributed by atoms with van der Waals surface area (Å²) in [6.07, 6.45) is 3.97. The fourth-order valence-electron chi connectivity index (χ4n) is 1.46.